The second-order valence-electron chi connectivity index (χ2n) is 9.33. The molecular weight excluding hydrogens is 527 g/mol. The van der Waals surface area contributed by atoms with Crippen LogP contribution in [-0.2, 0) is 17.9 Å². The van der Waals surface area contributed by atoms with E-state index in [-0.39, 0.29) is 47.4 Å². The number of anilines is 1. The monoisotopic (exact) mass is 550 g/mol. The third-order valence-corrected chi connectivity index (χ3v) is 7.29. The largest absolute Gasteiger partial charge is 0.507 e. The summed E-state index contributed by atoms with van der Waals surface area (Å²) in [6, 6.07) is 15.1. The maximum Gasteiger partial charge on any atom is 0.410 e. The number of nitrogens with zero attached hydrogens (tertiary/aromatic N) is 4. The number of hydrogen-bond acceptors (Lipinski definition) is 7. The summed E-state index contributed by atoms with van der Waals surface area (Å²) in [5, 5.41) is 11.2. The Bertz CT molecular complexity index is 1620. The van der Waals surface area contributed by atoms with E-state index in [2.05, 4.69) is 4.98 Å². The van der Waals surface area contributed by atoms with E-state index >= 15 is 0 Å². The van der Waals surface area contributed by atoms with Crippen LogP contribution in [0.25, 0.3) is 22.0 Å². The predicted octanol–water partition coefficient (Wildman–Crippen LogP) is 4.41. The van der Waals surface area contributed by atoms with E-state index in [1.54, 1.807) is 11.0 Å². The van der Waals surface area contributed by atoms with Crippen molar-refractivity contribution < 1.29 is 23.8 Å². The Balaban J connectivity index is 1.32. The van der Waals surface area contributed by atoms with Crippen molar-refractivity contribution in [3.63, 3.8) is 0 Å². The van der Waals surface area contributed by atoms with Crippen molar-refractivity contribution >= 4 is 34.4 Å². The van der Waals surface area contributed by atoms with Crippen molar-refractivity contribution in [1.29, 1.82) is 0 Å². The highest BCUT2D eigenvalue weighted by Crippen LogP contribution is 2.48. The van der Waals surface area contributed by atoms with Crippen LogP contribution in [0.3, 0.4) is 0 Å². The van der Waals surface area contributed by atoms with Crippen LogP contribution in [-0.4, -0.2) is 58.4 Å². The molecule has 0 bridgehead atoms. The third-order valence-electron chi connectivity index (χ3n) is 7.00. The molecule has 4 aromatic rings. The van der Waals surface area contributed by atoms with Crippen LogP contribution < -0.4 is 15.3 Å². The Morgan fingerprint density at radius 1 is 1.05 bits per heavy atom. The molecule has 39 heavy (non-hydrogen) atoms. The predicted molar refractivity (Wildman–Crippen MR) is 144 cm³/mol. The lowest BCUT2D eigenvalue weighted by atomic mass is 9.99. The number of carbonyl (C=O) groups excluding carboxylic acids is 1. The van der Waals surface area contributed by atoms with Gasteiger partial charge in [0, 0.05) is 31.6 Å². The minimum atomic E-state index is -0.667. The van der Waals surface area contributed by atoms with Crippen LogP contribution in [0.2, 0.25) is 5.02 Å². The smallest absolute Gasteiger partial charge is 0.410 e. The van der Waals surface area contributed by atoms with Gasteiger partial charge in [-0.2, -0.15) is 4.98 Å². The highest BCUT2D eigenvalue weighted by molar-refractivity contribution is 6.35. The minimum Gasteiger partial charge on any atom is -0.507 e. The number of carbonyl (C=O) groups is 1. The molecule has 1 fully saturated rings. The number of benzene rings is 3. The Kier molecular flexibility index (Phi) is 6.48. The summed E-state index contributed by atoms with van der Waals surface area (Å²) in [4.78, 5) is 33.6. The standard InChI is InChI=1S/C28H24ClFN4O5/c29-19-15-18-24-25(22(19)23-20(30)7-4-8-21(23)35)38-14-13-34(24)27(36)31-26(18)32-9-11-33(12-10-32)28(37)39-16-17-5-2-1-3-6-17/h1-8,15,35H,9-14,16H2. The molecule has 3 heterocycles. The number of rotatable bonds is 4. The molecule has 0 atom stereocenters. The molecular formula is C28H24ClFN4O5. The lowest BCUT2D eigenvalue weighted by Crippen LogP contribution is -2.49. The van der Waals surface area contributed by atoms with Crippen LogP contribution in [0.5, 0.6) is 11.5 Å². The van der Waals surface area contributed by atoms with Crippen LogP contribution in [0.15, 0.2) is 59.4 Å². The first-order valence-electron chi connectivity index (χ1n) is 12.5. The van der Waals surface area contributed by atoms with Gasteiger partial charge in [-0.25, -0.2) is 14.0 Å². The summed E-state index contributed by atoms with van der Waals surface area (Å²) in [6.07, 6.45) is -0.408. The van der Waals surface area contributed by atoms with Crippen LogP contribution in [0.4, 0.5) is 15.0 Å². The van der Waals surface area contributed by atoms with Crippen molar-refractivity contribution in [2.45, 2.75) is 13.2 Å². The average Bonchev–Trinajstić information content (AvgIpc) is 2.95. The summed E-state index contributed by atoms with van der Waals surface area (Å²) in [7, 11) is 0. The van der Waals surface area contributed by atoms with E-state index in [1.165, 1.54) is 22.8 Å². The Hall–Kier alpha value is -4.31. The molecule has 0 spiro atoms. The van der Waals surface area contributed by atoms with Gasteiger partial charge in [-0.3, -0.25) is 4.57 Å². The number of aromatic nitrogens is 2. The fraction of sp³-hybridized carbons (Fsp3) is 0.250. The number of phenols is 1. The number of phenolic OH excluding ortho intramolecular Hbond substituents is 1. The fourth-order valence-corrected chi connectivity index (χ4v) is 5.38. The van der Waals surface area contributed by atoms with E-state index in [9.17, 15) is 19.1 Å². The number of aromatic hydroxyl groups is 1. The third kappa shape index (κ3) is 4.50. The number of ether oxygens (including phenoxy) is 2. The molecule has 2 aliphatic heterocycles. The minimum absolute atomic E-state index is 0.0960. The van der Waals surface area contributed by atoms with Crippen molar-refractivity contribution in [2.24, 2.45) is 0 Å². The van der Waals surface area contributed by atoms with Crippen LogP contribution in [0, 0.1) is 5.82 Å². The quantitative estimate of drug-likeness (QED) is 0.402. The molecule has 6 rings (SSSR count). The van der Waals surface area contributed by atoms with Crippen LogP contribution in [0.1, 0.15) is 5.56 Å². The number of hydrogen-bond donors (Lipinski definition) is 1. The zero-order valence-electron chi connectivity index (χ0n) is 20.8. The van der Waals surface area contributed by atoms with Gasteiger partial charge in [0.2, 0.25) is 0 Å². The molecule has 0 saturated carbocycles. The molecule has 0 radical (unpaired) electrons. The Morgan fingerprint density at radius 2 is 1.82 bits per heavy atom. The normalized spacial score (nSPS) is 14.8. The van der Waals surface area contributed by atoms with Gasteiger partial charge >= 0.3 is 11.8 Å². The topological polar surface area (TPSA) is 97.1 Å². The number of piperazine rings is 1. The maximum atomic E-state index is 14.8. The summed E-state index contributed by atoms with van der Waals surface area (Å²) in [5.41, 5.74) is 0.943. The van der Waals surface area contributed by atoms with E-state index in [0.29, 0.717) is 42.9 Å². The van der Waals surface area contributed by atoms with Crippen molar-refractivity contribution in [3.8, 4) is 22.6 Å². The number of halogens is 2. The average molecular weight is 551 g/mol. The van der Waals surface area contributed by atoms with Gasteiger partial charge in [0.1, 0.15) is 30.6 Å². The van der Waals surface area contributed by atoms with Gasteiger partial charge in [-0.1, -0.05) is 48.0 Å². The SMILES string of the molecule is O=C(OCc1ccccc1)N1CCN(c2nc(=O)n3c4c(c(-c5c(O)cccc5F)c(Cl)cc24)OCC3)CC1. The molecule has 11 heteroatoms. The van der Waals surface area contributed by atoms with E-state index in [0.717, 1.165) is 5.56 Å². The van der Waals surface area contributed by atoms with Gasteiger partial charge in [0.25, 0.3) is 0 Å². The van der Waals surface area contributed by atoms with Crippen molar-refractivity contribution in [1.82, 2.24) is 14.5 Å². The lowest BCUT2D eigenvalue weighted by Gasteiger charge is -2.35. The molecule has 1 N–H and O–H groups in total. The molecule has 3 aromatic carbocycles. The second-order valence-corrected chi connectivity index (χ2v) is 9.73. The molecule has 9 nitrogen and oxygen atoms in total. The highest BCUT2D eigenvalue weighted by Gasteiger charge is 2.30. The van der Waals surface area contributed by atoms with Gasteiger partial charge in [0.05, 0.1) is 28.2 Å². The lowest BCUT2D eigenvalue weighted by molar-refractivity contribution is 0.0941. The van der Waals surface area contributed by atoms with E-state index < -0.39 is 17.6 Å². The molecule has 0 aliphatic carbocycles. The van der Waals surface area contributed by atoms with Gasteiger partial charge in [-0.15, -0.1) is 0 Å². The van der Waals surface area contributed by atoms with Gasteiger partial charge in [0.15, 0.2) is 5.75 Å². The Labute approximate surface area is 227 Å². The first-order valence-corrected chi connectivity index (χ1v) is 12.9. The zero-order chi connectivity index (χ0) is 27.1. The number of amides is 1. The summed E-state index contributed by atoms with van der Waals surface area (Å²) in [5.74, 6) is -0.338. The van der Waals surface area contributed by atoms with E-state index in [4.69, 9.17) is 21.1 Å². The van der Waals surface area contributed by atoms with Gasteiger partial charge in [-0.05, 0) is 23.8 Å². The molecule has 1 amide bonds. The summed E-state index contributed by atoms with van der Waals surface area (Å²) in [6.45, 7) is 2.18. The Morgan fingerprint density at radius 3 is 2.56 bits per heavy atom. The molecule has 200 valence electrons. The van der Waals surface area contributed by atoms with Crippen molar-refractivity contribution in [2.75, 3.05) is 37.7 Å². The maximum absolute atomic E-state index is 14.8. The van der Waals surface area contributed by atoms with E-state index in [1.807, 2.05) is 35.2 Å². The fourth-order valence-electron chi connectivity index (χ4n) is 5.09. The first kappa shape index (κ1) is 25.0. The first-order chi connectivity index (χ1) is 18.9. The zero-order valence-corrected chi connectivity index (χ0v) is 21.5. The van der Waals surface area contributed by atoms with Crippen molar-refractivity contribution in [3.05, 3.63) is 81.5 Å². The molecule has 1 aromatic heterocycles. The van der Waals surface area contributed by atoms with Crippen LogP contribution >= 0.6 is 11.6 Å². The summed E-state index contributed by atoms with van der Waals surface area (Å²) >= 11 is 6.68. The summed E-state index contributed by atoms with van der Waals surface area (Å²) < 4.78 is 27.7. The molecule has 1 saturated heterocycles. The molecule has 2 aliphatic rings. The highest BCUT2D eigenvalue weighted by atomic mass is 35.5. The molecule has 0 unspecified atom stereocenters. The second kappa shape index (κ2) is 10.1. The van der Waals surface area contributed by atoms with Gasteiger partial charge < -0.3 is 24.4 Å².